The van der Waals surface area contributed by atoms with E-state index >= 15 is 0 Å². The van der Waals surface area contributed by atoms with E-state index in [0.29, 0.717) is 6.42 Å². The van der Waals surface area contributed by atoms with Crippen LogP contribution in [0.15, 0.2) is 60.8 Å². The van der Waals surface area contributed by atoms with Crippen molar-refractivity contribution in [2.24, 2.45) is 5.73 Å². The van der Waals surface area contributed by atoms with Gasteiger partial charge in [0.25, 0.3) is 0 Å². The van der Waals surface area contributed by atoms with Crippen LogP contribution in [0.2, 0.25) is 0 Å². The summed E-state index contributed by atoms with van der Waals surface area (Å²) < 4.78 is 32.9. The Balaban J connectivity index is 3.74. The number of unbranched alkanes of at least 4 members (excludes halogenated alkanes) is 30. The third-order valence-electron chi connectivity index (χ3n) is 12.1. The molecule has 2 atom stereocenters. The van der Waals surface area contributed by atoms with Crippen LogP contribution < -0.4 is 5.73 Å². The molecule has 2 unspecified atom stereocenters. The summed E-state index contributed by atoms with van der Waals surface area (Å²) in [6.45, 7) is 3.57. The van der Waals surface area contributed by atoms with Crippen LogP contribution in [-0.4, -0.2) is 49.3 Å². The number of carbonyl (C=O) groups excluding carboxylic acids is 2. The average molecular weight is 976 g/mol. The van der Waals surface area contributed by atoms with Gasteiger partial charge in [0, 0.05) is 19.4 Å². The first-order valence-electron chi connectivity index (χ1n) is 28.3. The van der Waals surface area contributed by atoms with Gasteiger partial charge in [0.1, 0.15) is 6.61 Å². The summed E-state index contributed by atoms with van der Waals surface area (Å²) in [7, 11) is -4.38. The molecule has 0 aromatic heterocycles. The Morgan fingerprint density at radius 3 is 1.22 bits per heavy atom. The molecular formula is C58H106NO8P. The van der Waals surface area contributed by atoms with Gasteiger partial charge in [-0.3, -0.25) is 18.6 Å². The standard InChI is InChI=1S/C58H106NO8P/c1-3-5-7-9-11-13-15-16-17-18-19-20-21-22-23-24-25-26-27-28-29-30-31-32-33-34-35-36-37-38-39-40-41-43-45-47-49-51-58(61)67-56(55-66-68(62,63)65-53-52-59)54-64-57(60)50-48-46-44-42-14-12-10-8-6-4-2/h5,7-8,10-11,13,16-17,19-20,56H,3-4,6,9,12,14-15,18,21-55,59H2,1-2H3,(H,62,63)/b7-5-,10-8-,13-11-,17-16-,20-19-. The molecule has 3 N–H and O–H groups in total. The summed E-state index contributed by atoms with van der Waals surface area (Å²) in [5, 5.41) is 0. The van der Waals surface area contributed by atoms with E-state index < -0.39 is 26.5 Å². The minimum absolute atomic E-state index is 0.0529. The van der Waals surface area contributed by atoms with Crippen molar-refractivity contribution in [1.82, 2.24) is 0 Å². The Morgan fingerprint density at radius 1 is 0.456 bits per heavy atom. The highest BCUT2D eigenvalue weighted by molar-refractivity contribution is 7.47. The summed E-state index contributed by atoms with van der Waals surface area (Å²) in [6.07, 6.45) is 67.5. The number of phosphoric acid groups is 1. The molecule has 0 aromatic carbocycles. The molecule has 0 saturated carbocycles. The number of hydrogen-bond donors (Lipinski definition) is 2. The first-order valence-corrected chi connectivity index (χ1v) is 29.8. The average Bonchev–Trinajstić information content (AvgIpc) is 3.33. The molecule has 0 rings (SSSR count). The van der Waals surface area contributed by atoms with Crippen LogP contribution in [0, 0.1) is 0 Å². The third kappa shape index (κ3) is 53.1. The fourth-order valence-corrected chi connectivity index (χ4v) is 8.75. The van der Waals surface area contributed by atoms with E-state index in [9.17, 15) is 19.0 Å². The lowest BCUT2D eigenvalue weighted by atomic mass is 10.0. The third-order valence-corrected chi connectivity index (χ3v) is 13.1. The quantitative estimate of drug-likeness (QED) is 0.0264. The van der Waals surface area contributed by atoms with E-state index in [1.165, 1.54) is 148 Å². The predicted molar refractivity (Wildman–Crippen MR) is 289 cm³/mol. The molecule has 0 bridgehead atoms. The van der Waals surface area contributed by atoms with Gasteiger partial charge in [0.15, 0.2) is 6.10 Å². The molecule has 10 heteroatoms. The summed E-state index contributed by atoms with van der Waals surface area (Å²) in [5.74, 6) is -0.832. The molecule has 396 valence electrons. The molecule has 0 aliphatic carbocycles. The van der Waals surface area contributed by atoms with Crippen LogP contribution in [0.4, 0.5) is 0 Å². The zero-order valence-electron chi connectivity index (χ0n) is 44.1. The lowest BCUT2D eigenvalue weighted by Gasteiger charge is -2.19. The van der Waals surface area contributed by atoms with Crippen molar-refractivity contribution in [3.05, 3.63) is 60.8 Å². The molecule has 0 fully saturated rings. The van der Waals surface area contributed by atoms with E-state index in [1.807, 2.05) is 0 Å². The van der Waals surface area contributed by atoms with Gasteiger partial charge in [-0.25, -0.2) is 4.57 Å². The van der Waals surface area contributed by atoms with Crippen molar-refractivity contribution in [3.8, 4) is 0 Å². The normalized spacial score (nSPS) is 13.5. The van der Waals surface area contributed by atoms with Crippen LogP contribution in [0.3, 0.4) is 0 Å². The molecular weight excluding hydrogens is 870 g/mol. The molecule has 0 aliphatic heterocycles. The van der Waals surface area contributed by atoms with Crippen molar-refractivity contribution in [2.75, 3.05) is 26.4 Å². The number of rotatable bonds is 53. The van der Waals surface area contributed by atoms with Gasteiger partial charge in [0.2, 0.25) is 0 Å². The molecule has 0 heterocycles. The van der Waals surface area contributed by atoms with Gasteiger partial charge in [-0.2, -0.15) is 0 Å². The van der Waals surface area contributed by atoms with Crippen molar-refractivity contribution in [1.29, 1.82) is 0 Å². The van der Waals surface area contributed by atoms with Crippen molar-refractivity contribution in [3.63, 3.8) is 0 Å². The minimum Gasteiger partial charge on any atom is -0.462 e. The highest BCUT2D eigenvalue weighted by atomic mass is 31.2. The van der Waals surface area contributed by atoms with Crippen molar-refractivity contribution in [2.45, 2.75) is 270 Å². The number of phosphoric ester groups is 1. The Labute approximate surface area is 419 Å². The van der Waals surface area contributed by atoms with Crippen LogP contribution in [0.25, 0.3) is 0 Å². The molecule has 0 amide bonds. The van der Waals surface area contributed by atoms with E-state index in [-0.39, 0.29) is 38.6 Å². The summed E-state index contributed by atoms with van der Waals surface area (Å²) in [4.78, 5) is 34.9. The minimum atomic E-state index is -4.38. The molecule has 0 spiro atoms. The van der Waals surface area contributed by atoms with E-state index in [1.54, 1.807) is 0 Å². The number of esters is 2. The number of hydrogen-bond acceptors (Lipinski definition) is 8. The van der Waals surface area contributed by atoms with Gasteiger partial charge in [-0.15, -0.1) is 0 Å². The van der Waals surface area contributed by atoms with E-state index in [4.69, 9.17) is 24.3 Å². The SMILES string of the molecule is CC/C=C\C/C=C\C/C=C\C/C=C\CCCCCCCCCCCCCCCCCCCCCCCCCCC(=O)OC(COC(=O)CCCCCCC/C=C\CCC)COP(=O)(O)OCCN. The second kappa shape index (κ2) is 54.1. The van der Waals surface area contributed by atoms with E-state index in [2.05, 4.69) is 74.6 Å². The fourth-order valence-electron chi connectivity index (χ4n) is 7.98. The van der Waals surface area contributed by atoms with Gasteiger partial charge in [-0.05, 0) is 70.6 Å². The van der Waals surface area contributed by atoms with Crippen LogP contribution in [-0.2, 0) is 32.7 Å². The molecule has 0 aromatic rings. The maximum absolute atomic E-state index is 12.6. The molecule has 0 aliphatic rings. The smallest absolute Gasteiger partial charge is 0.462 e. The largest absolute Gasteiger partial charge is 0.472 e. The summed E-state index contributed by atoms with van der Waals surface area (Å²) >= 11 is 0. The second-order valence-electron chi connectivity index (χ2n) is 18.8. The molecule has 0 radical (unpaired) electrons. The number of carbonyl (C=O) groups is 2. The zero-order valence-corrected chi connectivity index (χ0v) is 45.0. The zero-order chi connectivity index (χ0) is 49.5. The fraction of sp³-hybridized carbons (Fsp3) is 0.793. The Hall–Kier alpha value is -2.29. The maximum atomic E-state index is 12.6. The van der Waals surface area contributed by atoms with Gasteiger partial charge in [0.05, 0.1) is 13.2 Å². The number of nitrogens with two attached hydrogens (primary N) is 1. The Morgan fingerprint density at radius 2 is 0.809 bits per heavy atom. The van der Waals surface area contributed by atoms with Crippen molar-refractivity contribution < 1.29 is 37.6 Å². The van der Waals surface area contributed by atoms with Gasteiger partial charge in [-0.1, -0.05) is 242 Å². The van der Waals surface area contributed by atoms with Crippen LogP contribution in [0.5, 0.6) is 0 Å². The number of ether oxygens (including phenoxy) is 2. The van der Waals surface area contributed by atoms with Crippen LogP contribution in [0.1, 0.15) is 264 Å². The topological polar surface area (TPSA) is 134 Å². The molecule has 9 nitrogen and oxygen atoms in total. The highest BCUT2D eigenvalue weighted by Gasteiger charge is 2.26. The molecule has 0 saturated heterocycles. The number of allylic oxidation sites excluding steroid dienone is 10. The van der Waals surface area contributed by atoms with Gasteiger partial charge < -0.3 is 20.1 Å². The van der Waals surface area contributed by atoms with Gasteiger partial charge >= 0.3 is 19.8 Å². The Bertz CT molecular complexity index is 1300. The summed E-state index contributed by atoms with van der Waals surface area (Å²) in [5.41, 5.74) is 5.36. The van der Waals surface area contributed by atoms with E-state index in [0.717, 1.165) is 83.5 Å². The molecule has 68 heavy (non-hydrogen) atoms. The monoisotopic (exact) mass is 976 g/mol. The predicted octanol–water partition coefficient (Wildman–Crippen LogP) is 17.6. The Kier molecular flexibility index (Phi) is 52.2. The van der Waals surface area contributed by atoms with Crippen LogP contribution >= 0.6 is 7.82 Å². The maximum Gasteiger partial charge on any atom is 0.472 e. The summed E-state index contributed by atoms with van der Waals surface area (Å²) in [6, 6.07) is 0. The second-order valence-corrected chi connectivity index (χ2v) is 20.2. The highest BCUT2D eigenvalue weighted by Crippen LogP contribution is 2.43. The first-order chi connectivity index (χ1) is 33.3. The van der Waals surface area contributed by atoms with Crippen molar-refractivity contribution >= 4 is 19.8 Å². The lowest BCUT2D eigenvalue weighted by Crippen LogP contribution is -2.29. The first kappa shape index (κ1) is 65.7. The lowest BCUT2D eigenvalue weighted by molar-refractivity contribution is -0.161.